The summed E-state index contributed by atoms with van der Waals surface area (Å²) in [5.41, 5.74) is 4.13. The van der Waals surface area contributed by atoms with Crippen LogP contribution in [0.5, 0.6) is 0 Å². The summed E-state index contributed by atoms with van der Waals surface area (Å²) >= 11 is 0. The van der Waals surface area contributed by atoms with E-state index < -0.39 is 0 Å². The van der Waals surface area contributed by atoms with E-state index in [4.69, 9.17) is 0 Å². The lowest BCUT2D eigenvalue weighted by Crippen LogP contribution is -1.90. The van der Waals surface area contributed by atoms with Crippen LogP contribution in [0.4, 0.5) is 4.39 Å². The molecule has 0 aliphatic carbocycles. The van der Waals surface area contributed by atoms with Crippen molar-refractivity contribution >= 4 is 0 Å². The predicted octanol–water partition coefficient (Wildman–Crippen LogP) is 4.67. The molecule has 0 aliphatic rings. The van der Waals surface area contributed by atoms with Gasteiger partial charge < -0.3 is 0 Å². The van der Waals surface area contributed by atoms with Crippen LogP contribution >= 0.6 is 0 Å². The van der Waals surface area contributed by atoms with Gasteiger partial charge in [0.1, 0.15) is 5.82 Å². The van der Waals surface area contributed by atoms with Gasteiger partial charge in [0.25, 0.3) is 0 Å². The van der Waals surface area contributed by atoms with Gasteiger partial charge in [-0.25, -0.2) is 4.39 Å². The monoisotopic (exact) mass is 248 g/mol. The van der Waals surface area contributed by atoms with Gasteiger partial charge in [0.05, 0.1) is 5.69 Å². The van der Waals surface area contributed by atoms with Gasteiger partial charge in [-0.1, -0.05) is 27.7 Å². The fourth-order valence-corrected chi connectivity index (χ4v) is 1.86. The summed E-state index contributed by atoms with van der Waals surface area (Å²) in [6.45, 7) is 10.3. The summed E-state index contributed by atoms with van der Waals surface area (Å²) < 4.78 is 12.8. The first-order chi connectivity index (χ1) is 8.59. The molecule has 0 unspecified atom stereocenters. The molecule has 0 saturated heterocycles. The number of nitrogens with zero attached hydrogens (tertiary/aromatic N) is 1. The largest absolute Gasteiger partial charge is 0.281 e. The Hall–Kier alpha value is -1.64. The minimum absolute atomic E-state index is 0.221. The molecule has 18 heavy (non-hydrogen) atoms. The Kier molecular flexibility index (Phi) is 5.08. The zero-order valence-electron chi connectivity index (χ0n) is 11.7. The molecule has 1 heterocycles. The summed E-state index contributed by atoms with van der Waals surface area (Å²) in [6, 6.07) is 6.42. The molecule has 0 atom stereocenters. The Morgan fingerprint density at radius 2 is 1.67 bits per heavy atom. The van der Waals surface area contributed by atoms with E-state index in [0.717, 1.165) is 22.5 Å². The average Bonchev–Trinajstić information content (AvgIpc) is 2.75. The fraction of sp³-hybridized carbons (Fsp3) is 0.400. The normalized spacial score (nSPS) is 10.2. The molecule has 0 spiro atoms. The van der Waals surface area contributed by atoms with Crippen molar-refractivity contribution in [1.29, 1.82) is 0 Å². The van der Waals surface area contributed by atoms with Crippen molar-refractivity contribution in [3.05, 3.63) is 41.3 Å². The van der Waals surface area contributed by atoms with E-state index in [-0.39, 0.29) is 5.82 Å². The van der Waals surface area contributed by atoms with Crippen LogP contribution in [0.3, 0.4) is 0 Å². The molecule has 3 heteroatoms. The topological polar surface area (TPSA) is 28.7 Å². The molecule has 0 saturated carbocycles. The number of H-pyrrole nitrogens is 1. The third kappa shape index (κ3) is 2.97. The minimum Gasteiger partial charge on any atom is -0.281 e. The first kappa shape index (κ1) is 14.4. The van der Waals surface area contributed by atoms with Crippen LogP contribution in [-0.4, -0.2) is 10.2 Å². The standard InChI is InChI=1S/C13H15FN2.C2H6/c1-8(2)12-9(3)13(16-15-12)10-4-6-11(14)7-5-10;1-2/h4-8H,1-3H3,(H,15,16);1-2H3. The molecule has 2 nitrogen and oxygen atoms in total. The summed E-state index contributed by atoms with van der Waals surface area (Å²) in [7, 11) is 0. The third-order valence-corrected chi connectivity index (χ3v) is 2.74. The molecule has 0 amide bonds. The highest BCUT2D eigenvalue weighted by Gasteiger charge is 2.12. The van der Waals surface area contributed by atoms with Crippen LogP contribution < -0.4 is 0 Å². The van der Waals surface area contributed by atoms with Gasteiger partial charge in [0.2, 0.25) is 0 Å². The van der Waals surface area contributed by atoms with Gasteiger partial charge in [-0.05, 0) is 42.7 Å². The number of benzene rings is 1. The summed E-state index contributed by atoms with van der Waals surface area (Å²) in [5.74, 6) is 0.197. The van der Waals surface area contributed by atoms with Crippen LogP contribution in [0.25, 0.3) is 11.3 Å². The highest BCUT2D eigenvalue weighted by Crippen LogP contribution is 2.26. The molecule has 98 valence electrons. The Morgan fingerprint density at radius 1 is 1.11 bits per heavy atom. The molecule has 1 aromatic carbocycles. The lowest BCUT2D eigenvalue weighted by atomic mass is 10.0. The lowest BCUT2D eigenvalue weighted by Gasteiger charge is -2.03. The molecule has 0 fully saturated rings. The highest BCUT2D eigenvalue weighted by molar-refractivity contribution is 5.63. The van der Waals surface area contributed by atoms with Gasteiger partial charge in [-0.3, -0.25) is 5.10 Å². The van der Waals surface area contributed by atoms with Crippen LogP contribution in [-0.2, 0) is 0 Å². The summed E-state index contributed by atoms with van der Waals surface area (Å²) in [6.07, 6.45) is 0. The number of aromatic amines is 1. The molecular formula is C15H21FN2. The maximum atomic E-state index is 12.8. The van der Waals surface area contributed by atoms with Crippen LogP contribution in [0, 0.1) is 12.7 Å². The maximum absolute atomic E-state index is 12.8. The second-order valence-electron chi connectivity index (χ2n) is 4.27. The number of nitrogens with one attached hydrogen (secondary N) is 1. The number of aromatic nitrogens is 2. The van der Waals surface area contributed by atoms with E-state index >= 15 is 0 Å². The number of hydrogen-bond donors (Lipinski definition) is 1. The van der Waals surface area contributed by atoms with Crippen molar-refractivity contribution in [1.82, 2.24) is 10.2 Å². The third-order valence-electron chi connectivity index (χ3n) is 2.74. The summed E-state index contributed by atoms with van der Waals surface area (Å²) in [5, 5.41) is 7.33. The summed E-state index contributed by atoms with van der Waals surface area (Å²) in [4.78, 5) is 0. The zero-order valence-corrected chi connectivity index (χ0v) is 11.7. The van der Waals surface area contributed by atoms with Crippen molar-refractivity contribution in [3.63, 3.8) is 0 Å². The van der Waals surface area contributed by atoms with E-state index in [9.17, 15) is 4.39 Å². The number of rotatable bonds is 2. The maximum Gasteiger partial charge on any atom is 0.123 e. The van der Waals surface area contributed by atoms with Gasteiger partial charge in [0.15, 0.2) is 0 Å². The van der Waals surface area contributed by atoms with E-state index in [1.165, 1.54) is 12.1 Å². The van der Waals surface area contributed by atoms with Gasteiger partial charge in [0, 0.05) is 11.3 Å². The van der Waals surface area contributed by atoms with Crippen molar-refractivity contribution in [2.24, 2.45) is 0 Å². The Bertz CT molecular complexity index is 484. The second kappa shape index (κ2) is 6.34. The van der Waals surface area contributed by atoms with E-state index in [1.807, 2.05) is 20.8 Å². The molecule has 0 radical (unpaired) electrons. The smallest absolute Gasteiger partial charge is 0.123 e. The van der Waals surface area contributed by atoms with E-state index in [1.54, 1.807) is 12.1 Å². The Balaban J connectivity index is 0.000000771. The molecular weight excluding hydrogens is 227 g/mol. The lowest BCUT2D eigenvalue weighted by molar-refractivity contribution is 0.628. The van der Waals surface area contributed by atoms with Gasteiger partial charge in [-0.2, -0.15) is 5.10 Å². The second-order valence-corrected chi connectivity index (χ2v) is 4.27. The van der Waals surface area contributed by atoms with Crippen LogP contribution in [0.1, 0.15) is 44.9 Å². The molecule has 1 aromatic heterocycles. The van der Waals surface area contributed by atoms with Gasteiger partial charge >= 0.3 is 0 Å². The van der Waals surface area contributed by atoms with Crippen LogP contribution in [0.15, 0.2) is 24.3 Å². The molecule has 0 bridgehead atoms. The zero-order chi connectivity index (χ0) is 13.7. The molecule has 2 rings (SSSR count). The fourth-order valence-electron chi connectivity index (χ4n) is 1.86. The number of hydrogen-bond acceptors (Lipinski definition) is 1. The van der Waals surface area contributed by atoms with E-state index in [0.29, 0.717) is 5.92 Å². The molecule has 0 aliphatic heterocycles. The SMILES string of the molecule is CC.Cc1c(-c2ccc(F)cc2)n[nH]c1C(C)C. The van der Waals surface area contributed by atoms with Crippen LogP contribution in [0.2, 0.25) is 0 Å². The molecule has 1 N–H and O–H groups in total. The number of halogens is 1. The molecule has 2 aromatic rings. The first-order valence-electron chi connectivity index (χ1n) is 6.40. The van der Waals surface area contributed by atoms with Crippen molar-refractivity contribution < 1.29 is 4.39 Å². The average molecular weight is 248 g/mol. The van der Waals surface area contributed by atoms with Crippen molar-refractivity contribution in [2.45, 2.75) is 40.5 Å². The quantitative estimate of drug-likeness (QED) is 0.821. The first-order valence-corrected chi connectivity index (χ1v) is 6.40. The van der Waals surface area contributed by atoms with E-state index in [2.05, 4.69) is 24.0 Å². The van der Waals surface area contributed by atoms with Crippen molar-refractivity contribution in [2.75, 3.05) is 0 Å². The Morgan fingerprint density at radius 3 is 2.11 bits per heavy atom. The van der Waals surface area contributed by atoms with Gasteiger partial charge in [-0.15, -0.1) is 0 Å². The highest BCUT2D eigenvalue weighted by atomic mass is 19.1. The van der Waals surface area contributed by atoms with Crippen molar-refractivity contribution in [3.8, 4) is 11.3 Å². The predicted molar refractivity (Wildman–Crippen MR) is 74.2 cm³/mol. The minimum atomic E-state index is -0.221. The Labute approximate surface area is 108 Å².